The van der Waals surface area contributed by atoms with Crippen LogP contribution in [0.25, 0.3) is 21.8 Å². The minimum atomic E-state index is 0.0408. The molecule has 4 aromatic heterocycles. The molecule has 10 nitrogen and oxygen atoms in total. The van der Waals surface area contributed by atoms with Gasteiger partial charge in [-0.3, -0.25) is 19.6 Å². The number of rotatable bonds is 8. The van der Waals surface area contributed by atoms with Crippen molar-refractivity contribution in [3.63, 3.8) is 0 Å². The molecule has 7 rings (SSSR count). The molecule has 5 aromatic rings. The monoisotopic (exact) mass is 658 g/mol. The van der Waals surface area contributed by atoms with Gasteiger partial charge in [-0.25, -0.2) is 0 Å². The van der Waals surface area contributed by atoms with Crippen LogP contribution in [0, 0.1) is 11.8 Å². The van der Waals surface area contributed by atoms with Gasteiger partial charge in [0.15, 0.2) is 0 Å². The van der Waals surface area contributed by atoms with Crippen LogP contribution in [0.1, 0.15) is 31.2 Å². The van der Waals surface area contributed by atoms with E-state index in [2.05, 4.69) is 36.9 Å². The van der Waals surface area contributed by atoms with Crippen LogP contribution in [-0.4, -0.2) is 86.8 Å². The van der Waals surface area contributed by atoms with E-state index in [1.165, 1.54) is 0 Å². The molecule has 0 saturated carbocycles. The molecule has 3 N–H and O–H groups in total. The molecule has 2 fully saturated rings. The van der Waals surface area contributed by atoms with Crippen LogP contribution in [0.3, 0.4) is 0 Å². The van der Waals surface area contributed by atoms with E-state index in [0.29, 0.717) is 25.2 Å². The number of nitrogens with two attached hydrogens (primary N) is 1. The van der Waals surface area contributed by atoms with E-state index in [9.17, 15) is 9.59 Å². The first kappa shape index (κ1) is 34.2. The normalized spacial score (nSPS) is 16.2. The van der Waals surface area contributed by atoms with E-state index in [1.54, 1.807) is 36.9 Å². The predicted octanol–water partition coefficient (Wildman–Crippen LogP) is 3.32. The summed E-state index contributed by atoms with van der Waals surface area (Å²) in [6, 6.07) is 21.8. The summed E-state index contributed by atoms with van der Waals surface area (Å²) in [4.78, 5) is 37.5. The van der Waals surface area contributed by atoms with E-state index < -0.39 is 0 Å². The highest BCUT2D eigenvalue weighted by atomic mass is 16.1. The fraction of sp³-hybridized carbons (Fsp3) is 0.385. The van der Waals surface area contributed by atoms with Crippen LogP contribution in [-0.2, 0) is 13.1 Å². The molecule has 10 heteroatoms. The summed E-state index contributed by atoms with van der Waals surface area (Å²) in [5.41, 5.74) is 8.87. The molecule has 0 unspecified atom stereocenters. The number of hydrogen-bond donors (Lipinski definition) is 2. The van der Waals surface area contributed by atoms with Crippen LogP contribution in [0.15, 0.2) is 101 Å². The summed E-state index contributed by atoms with van der Waals surface area (Å²) in [7, 11) is 0. The Morgan fingerprint density at radius 1 is 0.673 bits per heavy atom. The van der Waals surface area contributed by atoms with Crippen molar-refractivity contribution in [2.24, 2.45) is 5.73 Å². The number of nitrogens with one attached hydrogen (secondary N) is 1. The van der Waals surface area contributed by atoms with Crippen LogP contribution in [0.4, 0.5) is 0 Å². The Labute approximate surface area is 287 Å². The van der Waals surface area contributed by atoms with Crippen molar-refractivity contribution in [1.29, 1.82) is 0 Å². The highest BCUT2D eigenvalue weighted by molar-refractivity contribution is 5.78. The lowest BCUT2D eigenvalue weighted by atomic mass is 10.1. The Bertz CT molecular complexity index is 1980. The maximum Gasteiger partial charge on any atom is 0.251 e. The molecule has 2 aliphatic rings. The third kappa shape index (κ3) is 9.49. The highest BCUT2D eigenvalue weighted by Gasteiger charge is 2.19. The molecule has 0 amide bonds. The van der Waals surface area contributed by atoms with Crippen molar-refractivity contribution in [3.05, 3.63) is 118 Å². The van der Waals surface area contributed by atoms with Gasteiger partial charge < -0.3 is 30.0 Å². The topological polar surface area (TPSA) is 114 Å². The fourth-order valence-corrected chi connectivity index (χ4v) is 6.61. The summed E-state index contributed by atoms with van der Waals surface area (Å²) in [6.07, 6.45) is 11.4. The number of aromatic nitrogens is 4. The zero-order valence-corrected chi connectivity index (χ0v) is 28.1. The van der Waals surface area contributed by atoms with E-state index in [1.807, 2.05) is 63.7 Å². The van der Waals surface area contributed by atoms with Gasteiger partial charge in [0.1, 0.15) is 0 Å². The van der Waals surface area contributed by atoms with Crippen molar-refractivity contribution in [2.45, 2.75) is 50.9 Å². The van der Waals surface area contributed by atoms with Gasteiger partial charge in [0.25, 0.3) is 11.1 Å². The summed E-state index contributed by atoms with van der Waals surface area (Å²) < 4.78 is 3.66. The number of piperidine rings is 2. The molecule has 2 saturated heterocycles. The number of fused-ring (bicyclic) bond motifs is 2. The minimum absolute atomic E-state index is 0.0408. The van der Waals surface area contributed by atoms with Gasteiger partial charge in [0.05, 0.1) is 30.0 Å². The highest BCUT2D eigenvalue weighted by Crippen LogP contribution is 2.14. The Morgan fingerprint density at radius 3 is 1.76 bits per heavy atom. The number of likely N-dealkylation sites (tertiary alicyclic amines) is 2. The van der Waals surface area contributed by atoms with Crippen molar-refractivity contribution < 1.29 is 0 Å². The van der Waals surface area contributed by atoms with E-state index in [4.69, 9.17) is 5.73 Å². The average molecular weight is 659 g/mol. The van der Waals surface area contributed by atoms with Gasteiger partial charge >= 0.3 is 0 Å². The lowest BCUT2D eigenvalue weighted by Gasteiger charge is -2.32. The molecule has 1 aromatic carbocycles. The maximum atomic E-state index is 12.3. The lowest BCUT2D eigenvalue weighted by molar-refractivity contribution is 0.194. The minimum Gasteiger partial charge on any atom is -0.328 e. The second-order valence-corrected chi connectivity index (χ2v) is 12.9. The van der Waals surface area contributed by atoms with E-state index in [0.717, 1.165) is 98.9 Å². The second kappa shape index (κ2) is 17.1. The van der Waals surface area contributed by atoms with Crippen LogP contribution < -0.4 is 22.2 Å². The molecule has 49 heavy (non-hydrogen) atoms. The average Bonchev–Trinajstić information content (AvgIpc) is 3.14. The third-order valence-corrected chi connectivity index (χ3v) is 9.58. The molecule has 0 bridgehead atoms. The molecule has 0 radical (unpaired) electrons. The zero-order chi connectivity index (χ0) is 33.8. The molecule has 6 heterocycles. The van der Waals surface area contributed by atoms with E-state index in [-0.39, 0.29) is 11.1 Å². The first-order valence-corrected chi connectivity index (χ1v) is 17.4. The summed E-state index contributed by atoms with van der Waals surface area (Å²) in [6.45, 7) is 8.04. The zero-order valence-electron chi connectivity index (χ0n) is 28.1. The van der Waals surface area contributed by atoms with Crippen LogP contribution in [0.2, 0.25) is 0 Å². The van der Waals surface area contributed by atoms with E-state index >= 15 is 0 Å². The summed E-state index contributed by atoms with van der Waals surface area (Å²) >= 11 is 0. The number of nitrogens with zero attached hydrogens (tertiary/aromatic N) is 6. The molecule has 254 valence electrons. The van der Waals surface area contributed by atoms with Crippen molar-refractivity contribution in [1.82, 2.24) is 34.2 Å². The summed E-state index contributed by atoms with van der Waals surface area (Å²) in [5.74, 6) is 6.40. The van der Waals surface area contributed by atoms with Gasteiger partial charge in [-0.05, 0) is 88.3 Å². The standard InChI is InChI=1S/C24H26N4O.C15H20N4O/c29-24-9-8-21-10-14-25-19-23(21)28(24)18-17-27-15-11-22(12-16-27)26-13-4-7-20-5-2-1-3-6-20;16-13-4-7-18(8-5-13)9-10-19-14-11-17-6-3-12(14)1-2-15(19)20/h1-3,5-6,8-10,14,19,22,26H,11-13,15-18H2;1-3,6,11,13H,4-5,7-10,16H2. The number of hydrogen-bond acceptors (Lipinski definition) is 8. The largest absolute Gasteiger partial charge is 0.328 e. The van der Waals surface area contributed by atoms with Gasteiger partial charge in [0.2, 0.25) is 0 Å². The fourth-order valence-electron chi connectivity index (χ4n) is 6.61. The smallest absolute Gasteiger partial charge is 0.251 e. The van der Waals surface area contributed by atoms with Crippen molar-refractivity contribution in [3.8, 4) is 11.8 Å². The predicted molar refractivity (Wildman–Crippen MR) is 196 cm³/mol. The van der Waals surface area contributed by atoms with Crippen LogP contribution in [0.5, 0.6) is 0 Å². The summed E-state index contributed by atoms with van der Waals surface area (Å²) in [5, 5.41) is 5.67. The first-order valence-electron chi connectivity index (χ1n) is 17.4. The van der Waals surface area contributed by atoms with Gasteiger partial charge in [0, 0.05) is 79.1 Å². The molecule has 0 aliphatic carbocycles. The first-order chi connectivity index (χ1) is 24.0. The maximum absolute atomic E-state index is 12.3. The Hall–Kier alpha value is -4.66. The molecule has 2 aliphatic heterocycles. The van der Waals surface area contributed by atoms with Gasteiger partial charge in [-0.2, -0.15) is 0 Å². The van der Waals surface area contributed by atoms with Crippen molar-refractivity contribution >= 4 is 21.8 Å². The Kier molecular flexibility index (Phi) is 12.0. The molecule has 0 spiro atoms. The third-order valence-electron chi connectivity index (χ3n) is 9.58. The lowest BCUT2D eigenvalue weighted by Crippen LogP contribution is -2.44. The van der Waals surface area contributed by atoms with Crippen LogP contribution >= 0.6 is 0 Å². The SMILES string of the molecule is NC1CCN(CCn2c(=O)ccc3ccncc32)CC1.O=c1ccc2ccncc2n1CCN1CCC(NCC#Cc2ccccc2)CC1. The quantitative estimate of drug-likeness (QED) is 0.244. The van der Waals surface area contributed by atoms with Crippen molar-refractivity contribution in [2.75, 3.05) is 45.8 Å². The molecular formula is C39H46N8O2. The number of pyridine rings is 4. The second-order valence-electron chi connectivity index (χ2n) is 12.9. The Morgan fingerprint density at radius 2 is 1.20 bits per heavy atom. The van der Waals surface area contributed by atoms with Gasteiger partial charge in [-0.15, -0.1) is 0 Å². The van der Waals surface area contributed by atoms with Gasteiger partial charge in [-0.1, -0.05) is 30.0 Å². The molecule has 0 atom stereocenters. The molecular weight excluding hydrogens is 612 g/mol. The Balaban J connectivity index is 0.000000182. The number of benzene rings is 1.